The van der Waals surface area contributed by atoms with Gasteiger partial charge in [-0.05, 0) is 70.4 Å². The molecule has 0 radical (unpaired) electrons. The third-order valence-electron chi connectivity index (χ3n) is 5.66. The standard InChI is InChI=1S/C24H18N2/c1-13-11-21-19-5-3-16-15(17(19)7-9-23(21)25-13)4-6-20-18(16)8-10-24-22(20)12-14(2)26-24/h3-12,25-26H,1-2H3. The molecule has 124 valence electrons. The largest absolute Gasteiger partial charge is 0.359 e. The second kappa shape index (κ2) is 4.67. The van der Waals surface area contributed by atoms with Crippen molar-refractivity contribution in [3.63, 3.8) is 0 Å². The molecule has 2 aromatic heterocycles. The number of benzene rings is 4. The predicted molar refractivity (Wildman–Crippen MR) is 112 cm³/mol. The van der Waals surface area contributed by atoms with Gasteiger partial charge in [-0.1, -0.05) is 36.4 Å². The Balaban J connectivity index is 1.81. The first-order valence-electron chi connectivity index (χ1n) is 9.05. The lowest BCUT2D eigenvalue weighted by Crippen LogP contribution is -1.82. The summed E-state index contributed by atoms with van der Waals surface area (Å²) in [5, 5.41) is 10.5. The van der Waals surface area contributed by atoms with Crippen molar-refractivity contribution in [3.8, 4) is 0 Å². The predicted octanol–water partition coefficient (Wildman–Crippen LogP) is 6.73. The normalized spacial score (nSPS) is 12.2. The molecule has 0 saturated carbocycles. The van der Waals surface area contributed by atoms with Crippen molar-refractivity contribution in [2.75, 3.05) is 0 Å². The third-order valence-corrected chi connectivity index (χ3v) is 5.66. The Morgan fingerprint density at radius 3 is 1.12 bits per heavy atom. The first-order chi connectivity index (χ1) is 12.7. The molecule has 0 atom stereocenters. The second-order valence-corrected chi connectivity index (χ2v) is 7.37. The molecule has 0 bridgehead atoms. The van der Waals surface area contributed by atoms with Crippen LogP contribution in [0.2, 0.25) is 0 Å². The van der Waals surface area contributed by atoms with Gasteiger partial charge in [0.15, 0.2) is 0 Å². The number of nitrogens with one attached hydrogen (secondary N) is 2. The monoisotopic (exact) mass is 334 g/mol. The van der Waals surface area contributed by atoms with Crippen molar-refractivity contribution in [1.29, 1.82) is 0 Å². The van der Waals surface area contributed by atoms with E-state index in [0.29, 0.717) is 0 Å². The number of hydrogen-bond donors (Lipinski definition) is 2. The van der Waals surface area contributed by atoms with Crippen LogP contribution in [0.3, 0.4) is 0 Å². The fourth-order valence-electron chi connectivity index (χ4n) is 4.54. The molecule has 0 saturated heterocycles. The Kier molecular flexibility index (Phi) is 2.51. The summed E-state index contributed by atoms with van der Waals surface area (Å²) in [6.07, 6.45) is 0. The molecule has 2 N–H and O–H groups in total. The van der Waals surface area contributed by atoms with E-state index in [0.717, 1.165) is 0 Å². The molecule has 0 spiro atoms. The van der Waals surface area contributed by atoms with Crippen molar-refractivity contribution < 1.29 is 0 Å². The maximum absolute atomic E-state index is 3.45. The number of aromatic amines is 2. The number of aryl methyl sites for hydroxylation is 2. The summed E-state index contributed by atoms with van der Waals surface area (Å²) in [7, 11) is 0. The highest BCUT2D eigenvalue weighted by Crippen LogP contribution is 2.36. The fraction of sp³-hybridized carbons (Fsp3) is 0.0833. The quantitative estimate of drug-likeness (QED) is 0.289. The average molecular weight is 334 g/mol. The van der Waals surface area contributed by atoms with Crippen LogP contribution in [0.1, 0.15) is 11.4 Å². The zero-order valence-electron chi connectivity index (χ0n) is 14.8. The van der Waals surface area contributed by atoms with E-state index in [9.17, 15) is 0 Å². The molecular weight excluding hydrogens is 316 g/mol. The fourth-order valence-corrected chi connectivity index (χ4v) is 4.54. The molecular formula is C24H18N2. The van der Waals surface area contributed by atoms with Crippen LogP contribution in [-0.4, -0.2) is 9.97 Å². The molecule has 0 amide bonds. The second-order valence-electron chi connectivity index (χ2n) is 7.37. The van der Waals surface area contributed by atoms with Crippen molar-refractivity contribution in [2.24, 2.45) is 0 Å². The zero-order chi connectivity index (χ0) is 17.4. The highest BCUT2D eigenvalue weighted by Gasteiger charge is 2.10. The van der Waals surface area contributed by atoms with Crippen molar-refractivity contribution in [3.05, 3.63) is 72.1 Å². The molecule has 4 aromatic carbocycles. The van der Waals surface area contributed by atoms with E-state index in [2.05, 4.69) is 84.5 Å². The third kappa shape index (κ3) is 1.71. The Morgan fingerprint density at radius 2 is 0.731 bits per heavy atom. The summed E-state index contributed by atoms with van der Waals surface area (Å²) in [5.41, 5.74) is 4.83. The number of H-pyrrole nitrogens is 2. The van der Waals surface area contributed by atoms with Gasteiger partial charge in [-0.15, -0.1) is 0 Å². The van der Waals surface area contributed by atoms with E-state index < -0.39 is 0 Å². The van der Waals surface area contributed by atoms with Crippen LogP contribution >= 0.6 is 0 Å². The van der Waals surface area contributed by atoms with Crippen LogP contribution in [0.4, 0.5) is 0 Å². The summed E-state index contributed by atoms with van der Waals surface area (Å²) >= 11 is 0. The number of aromatic nitrogens is 2. The van der Waals surface area contributed by atoms with E-state index >= 15 is 0 Å². The summed E-state index contributed by atoms with van der Waals surface area (Å²) in [4.78, 5) is 6.89. The lowest BCUT2D eigenvalue weighted by Gasteiger charge is -2.09. The molecule has 0 aliphatic rings. The van der Waals surface area contributed by atoms with Gasteiger partial charge in [0.05, 0.1) is 0 Å². The Bertz CT molecular complexity index is 1380. The van der Waals surface area contributed by atoms with Gasteiger partial charge >= 0.3 is 0 Å². The smallest absolute Gasteiger partial charge is 0.0462 e. The Morgan fingerprint density at radius 1 is 0.423 bits per heavy atom. The van der Waals surface area contributed by atoms with E-state index in [1.165, 1.54) is 65.5 Å². The van der Waals surface area contributed by atoms with Crippen LogP contribution < -0.4 is 0 Å². The highest BCUT2D eigenvalue weighted by atomic mass is 14.7. The van der Waals surface area contributed by atoms with E-state index in [1.54, 1.807) is 0 Å². The van der Waals surface area contributed by atoms with Crippen LogP contribution in [0.15, 0.2) is 60.7 Å². The van der Waals surface area contributed by atoms with Gasteiger partial charge < -0.3 is 9.97 Å². The van der Waals surface area contributed by atoms with Gasteiger partial charge in [0, 0.05) is 33.2 Å². The summed E-state index contributed by atoms with van der Waals surface area (Å²) in [5.74, 6) is 0. The van der Waals surface area contributed by atoms with Gasteiger partial charge in [-0.25, -0.2) is 0 Å². The molecule has 2 heteroatoms. The Hall–Kier alpha value is -3.26. The molecule has 0 fully saturated rings. The molecule has 0 aliphatic heterocycles. The maximum Gasteiger partial charge on any atom is 0.0462 e. The molecule has 0 unspecified atom stereocenters. The number of rotatable bonds is 0. The molecule has 2 heterocycles. The highest BCUT2D eigenvalue weighted by molar-refractivity contribution is 6.24. The van der Waals surface area contributed by atoms with Crippen LogP contribution in [-0.2, 0) is 0 Å². The van der Waals surface area contributed by atoms with Gasteiger partial charge in [-0.3, -0.25) is 0 Å². The lowest BCUT2D eigenvalue weighted by molar-refractivity contribution is 1.30. The topological polar surface area (TPSA) is 31.6 Å². The van der Waals surface area contributed by atoms with Gasteiger partial charge in [-0.2, -0.15) is 0 Å². The molecule has 26 heavy (non-hydrogen) atoms. The molecule has 0 aliphatic carbocycles. The zero-order valence-corrected chi connectivity index (χ0v) is 14.8. The number of fused-ring (bicyclic) bond motifs is 9. The first kappa shape index (κ1) is 14.0. The van der Waals surface area contributed by atoms with Gasteiger partial charge in [0.2, 0.25) is 0 Å². The summed E-state index contributed by atoms with van der Waals surface area (Å²) < 4.78 is 0. The SMILES string of the molecule is Cc1cc2c(ccc3c2ccc2c4ccc5[nH]c(C)cc5c4ccc32)[nH]1. The van der Waals surface area contributed by atoms with E-state index in [4.69, 9.17) is 0 Å². The molecule has 6 rings (SSSR count). The van der Waals surface area contributed by atoms with E-state index in [1.807, 2.05) is 0 Å². The average Bonchev–Trinajstić information content (AvgIpc) is 3.21. The first-order valence-corrected chi connectivity index (χ1v) is 9.05. The minimum Gasteiger partial charge on any atom is -0.359 e. The van der Waals surface area contributed by atoms with Crippen molar-refractivity contribution in [1.82, 2.24) is 9.97 Å². The molecule has 6 aromatic rings. The van der Waals surface area contributed by atoms with Crippen molar-refractivity contribution >= 4 is 54.1 Å². The lowest BCUT2D eigenvalue weighted by atomic mass is 9.94. The minimum atomic E-state index is 1.20. The van der Waals surface area contributed by atoms with Crippen molar-refractivity contribution in [2.45, 2.75) is 13.8 Å². The summed E-state index contributed by atoms with van der Waals surface area (Å²) in [6, 6.07) is 22.5. The maximum atomic E-state index is 3.45. The van der Waals surface area contributed by atoms with Gasteiger partial charge in [0.25, 0.3) is 0 Å². The minimum absolute atomic E-state index is 1.20. The summed E-state index contributed by atoms with van der Waals surface area (Å²) in [6.45, 7) is 4.23. The van der Waals surface area contributed by atoms with Crippen LogP contribution in [0.5, 0.6) is 0 Å². The van der Waals surface area contributed by atoms with Crippen LogP contribution in [0, 0.1) is 13.8 Å². The van der Waals surface area contributed by atoms with E-state index in [-0.39, 0.29) is 0 Å². The van der Waals surface area contributed by atoms with Gasteiger partial charge in [0.1, 0.15) is 0 Å². The van der Waals surface area contributed by atoms with Crippen LogP contribution in [0.25, 0.3) is 54.1 Å². The number of hydrogen-bond acceptors (Lipinski definition) is 0. The Labute approximate surface area is 150 Å². The molecule has 2 nitrogen and oxygen atoms in total.